The highest BCUT2D eigenvalue weighted by atomic mass is 16.9. The molecule has 0 saturated heterocycles. The van der Waals surface area contributed by atoms with Gasteiger partial charge in [-0.1, -0.05) is 50.2 Å². The topological polar surface area (TPSA) is 36.9 Å². The zero-order valence-corrected chi connectivity index (χ0v) is 13.2. The molecule has 4 heteroatoms. The predicted octanol–water partition coefficient (Wildman–Crippen LogP) is 4.38. The van der Waals surface area contributed by atoms with E-state index in [1.807, 2.05) is 69.3 Å². The van der Waals surface area contributed by atoms with Gasteiger partial charge in [-0.3, -0.25) is 0 Å². The Morgan fingerprint density at radius 2 is 1.73 bits per heavy atom. The summed E-state index contributed by atoms with van der Waals surface area (Å²) in [6.45, 7) is 6.22. The number of ether oxygens (including phenoxy) is 4. The van der Waals surface area contributed by atoms with Crippen LogP contribution in [-0.4, -0.2) is 13.1 Å². The highest BCUT2D eigenvalue weighted by Gasteiger charge is 2.27. The van der Waals surface area contributed by atoms with E-state index < -0.39 is 6.48 Å². The van der Waals surface area contributed by atoms with Crippen LogP contribution in [-0.2, 0) is 11.3 Å². The van der Waals surface area contributed by atoms with Crippen molar-refractivity contribution in [3.8, 4) is 17.2 Å². The highest BCUT2D eigenvalue weighted by molar-refractivity contribution is 5.52. The van der Waals surface area contributed by atoms with Crippen LogP contribution < -0.4 is 14.2 Å². The van der Waals surface area contributed by atoms with Crippen molar-refractivity contribution >= 4 is 0 Å². The minimum Gasteiger partial charge on any atom is -0.485 e. The van der Waals surface area contributed by atoms with Gasteiger partial charge in [-0.15, -0.1) is 0 Å². The minimum atomic E-state index is -0.684. The quantitative estimate of drug-likeness (QED) is 0.821. The van der Waals surface area contributed by atoms with E-state index in [1.54, 1.807) is 0 Å². The first kappa shape index (κ1) is 16.2. The van der Waals surface area contributed by atoms with E-state index in [9.17, 15) is 0 Å². The molecular formula is C18H22O4. The summed E-state index contributed by atoms with van der Waals surface area (Å²) in [5, 5.41) is 0. The lowest BCUT2D eigenvalue weighted by atomic mass is 10.2. The van der Waals surface area contributed by atoms with E-state index in [1.165, 1.54) is 0 Å². The van der Waals surface area contributed by atoms with Crippen LogP contribution in [0.2, 0.25) is 0 Å². The van der Waals surface area contributed by atoms with Gasteiger partial charge >= 0.3 is 6.48 Å². The molecule has 1 atom stereocenters. The SMILES string of the molecule is CC.CCOC1Oc2cccc(OCc3ccccc3)c2O1. The van der Waals surface area contributed by atoms with Gasteiger partial charge in [0.05, 0.1) is 6.61 Å². The van der Waals surface area contributed by atoms with Gasteiger partial charge in [-0.2, -0.15) is 0 Å². The van der Waals surface area contributed by atoms with Gasteiger partial charge < -0.3 is 18.9 Å². The lowest BCUT2D eigenvalue weighted by Gasteiger charge is -2.10. The Bertz CT molecular complexity index is 569. The average molecular weight is 302 g/mol. The van der Waals surface area contributed by atoms with Crippen molar-refractivity contribution in [1.29, 1.82) is 0 Å². The first-order chi connectivity index (χ1) is 10.9. The van der Waals surface area contributed by atoms with Crippen LogP contribution in [0.25, 0.3) is 0 Å². The molecule has 1 aliphatic heterocycles. The summed E-state index contributed by atoms with van der Waals surface area (Å²) >= 11 is 0. The van der Waals surface area contributed by atoms with Crippen LogP contribution in [0.5, 0.6) is 17.2 Å². The summed E-state index contributed by atoms with van der Waals surface area (Å²) in [6, 6.07) is 15.6. The van der Waals surface area contributed by atoms with E-state index in [4.69, 9.17) is 18.9 Å². The van der Waals surface area contributed by atoms with Crippen molar-refractivity contribution < 1.29 is 18.9 Å². The van der Waals surface area contributed by atoms with E-state index in [2.05, 4.69) is 0 Å². The van der Waals surface area contributed by atoms with E-state index in [0.29, 0.717) is 30.5 Å². The smallest absolute Gasteiger partial charge is 0.361 e. The third kappa shape index (κ3) is 3.92. The normalized spacial score (nSPS) is 15.0. The maximum atomic E-state index is 5.80. The standard InChI is InChI=1S/C16H16O4.C2H6/c1-2-17-16-19-14-10-6-9-13(15(14)20-16)18-11-12-7-4-3-5-8-12;1-2/h3-10,16H,2,11H2,1H3;1-2H3. The molecule has 1 heterocycles. The van der Waals surface area contributed by atoms with Crippen LogP contribution in [0.15, 0.2) is 48.5 Å². The number of benzene rings is 2. The molecule has 4 nitrogen and oxygen atoms in total. The molecule has 0 saturated carbocycles. The summed E-state index contributed by atoms with van der Waals surface area (Å²) < 4.78 is 22.2. The van der Waals surface area contributed by atoms with Crippen molar-refractivity contribution in [2.24, 2.45) is 0 Å². The predicted molar refractivity (Wildman–Crippen MR) is 85.2 cm³/mol. The molecule has 0 radical (unpaired) electrons. The van der Waals surface area contributed by atoms with Crippen LogP contribution in [0.4, 0.5) is 0 Å². The molecule has 0 N–H and O–H groups in total. The largest absolute Gasteiger partial charge is 0.485 e. The second kappa shape index (κ2) is 8.29. The van der Waals surface area contributed by atoms with Gasteiger partial charge in [-0.05, 0) is 24.6 Å². The van der Waals surface area contributed by atoms with Crippen molar-refractivity contribution in [2.75, 3.05) is 6.61 Å². The molecule has 1 unspecified atom stereocenters. The van der Waals surface area contributed by atoms with Gasteiger partial charge in [0.1, 0.15) is 6.61 Å². The Kier molecular flexibility index (Phi) is 6.10. The molecule has 1 aliphatic rings. The number of rotatable bonds is 5. The molecule has 0 aliphatic carbocycles. The maximum Gasteiger partial charge on any atom is 0.361 e. The summed E-state index contributed by atoms with van der Waals surface area (Å²) in [5.74, 6) is 1.91. The molecule has 118 valence electrons. The van der Waals surface area contributed by atoms with Crippen LogP contribution in [0.3, 0.4) is 0 Å². The van der Waals surface area contributed by atoms with Crippen molar-refractivity contribution in [3.05, 3.63) is 54.1 Å². The first-order valence-corrected chi connectivity index (χ1v) is 7.61. The molecule has 0 aromatic heterocycles. The second-order valence-corrected chi connectivity index (χ2v) is 4.34. The van der Waals surface area contributed by atoms with Gasteiger partial charge in [0, 0.05) is 0 Å². The van der Waals surface area contributed by atoms with Gasteiger partial charge in [-0.25, -0.2) is 0 Å². The van der Waals surface area contributed by atoms with Crippen LogP contribution >= 0.6 is 0 Å². The molecule has 3 rings (SSSR count). The maximum absolute atomic E-state index is 5.80. The summed E-state index contributed by atoms with van der Waals surface area (Å²) in [5.41, 5.74) is 1.10. The van der Waals surface area contributed by atoms with Gasteiger partial charge in [0.25, 0.3) is 0 Å². The zero-order chi connectivity index (χ0) is 15.8. The van der Waals surface area contributed by atoms with Gasteiger partial charge in [0.15, 0.2) is 11.5 Å². The number of fused-ring (bicyclic) bond motifs is 1. The molecule has 2 aromatic carbocycles. The Hall–Kier alpha value is -2.20. The Morgan fingerprint density at radius 1 is 0.955 bits per heavy atom. The second-order valence-electron chi connectivity index (χ2n) is 4.34. The Balaban J connectivity index is 0.000000847. The lowest BCUT2D eigenvalue weighted by molar-refractivity contribution is -0.173. The monoisotopic (exact) mass is 302 g/mol. The summed E-state index contributed by atoms with van der Waals surface area (Å²) in [6.07, 6.45) is 0. The molecule has 2 aromatic rings. The third-order valence-corrected chi connectivity index (χ3v) is 2.92. The fourth-order valence-corrected chi connectivity index (χ4v) is 1.98. The Labute approximate surface area is 131 Å². The molecule has 0 spiro atoms. The lowest BCUT2D eigenvalue weighted by Crippen LogP contribution is -2.21. The minimum absolute atomic E-state index is 0.486. The molecule has 0 fully saturated rings. The van der Waals surface area contributed by atoms with E-state index in [-0.39, 0.29) is 0 Å². The van der Waals surface area contributed by atoms with Crippen LogP contribution in [0.1, 0.15) is 26.3 Å². The fourth-order valence-electron chi connectivity index (χ4n) is 1.98. The summed E-state index contributed by atoms with van der Waals surface area (Å²) in [4.78, 5) is 0. The highest BCUT2D eigenvalue weighted by Crippen LogP contribution is 2.42. The molecule has 0 bridgehead atoms. The first-order valence-electron chi connectivity index (χ1n) is 7.61. The zero-order valence-electron chi connectivity index (χ0n) is 13.2. The third-order valence-electron chi connectivity index (χ3n) is 2.92. The van der Waals surface area contributed by atoms with Crippen molar-refractivity contribution in [1.82, 2.24) is 0 Å². The fraction of sp³-hybridized carbons (Fsp3) is 0.333. The number of hydrogen-bond donors (Lipinski definition) is 0. The van der Waals surface area contributed by atoms with Crippen molar-refractivity contribution in [3.63, 3.8) is 0 Å². The van der Waals surface area contributed by atoms with E-state index in [0.717, 1.165) is 5.56 Å². The molecule has 0 amide bonds. The summed E-state index contributed by atoms with van der Waals surface area (Å²) in [7, 11) is 0. The van der Waals surface area contributed by atoms with E-state index >= 15 is 0 Å². The van der Waals surface area contributed by atoms with Crippen molar-refractivity contribution in [2.45, 2.75) is 33.9 Å². The number of hydrogen-bond acceptors (Lipinski definition) is 4. The molecular weight excluding hydrogens is 280 g/mol. The number of para-hydroxylation sites is 1. The van der Waals surface area contributed by atoms with Crippen LogP contribution in [0, 0.1) is 0 Å². The Morgan fingerprint density at radius 3 is 2.45 bits per heavy atom. The van der Waals surface area contributed by atoms with Gasteiger partial charge in [0.2, 0.25) is 5.75 Å². The molecule has 22 heavy (non-hydrogen) atoms. The average Bonchev–Trinajstić information content (AvgIpc) is 2.99.